The number of aromatic nitrogens is 1. The molecule has 3 heterocycles. The number of anilines is 2. The number of hydrogen-bond acceptors (Lipinski definition) is 5. The van der Waals surface area contributed by atoms with Gasteiger partial charge in [0.25, 0.3) is 0 Å². The number of nitrogen functional groups attached to an aromatic ring is 1. The number of nitrogens with zero attached hydrogens (tertiary/aromatic N) is 2. The summed E-state index contributed by atoms with van der Waals surface area (Å²) in [7, 11) is 0. The summed E-state index contributed by atoms with van der Waals surface area (Å²) in [6.45, 7) is 6.62. The molecule has 6 nitrogen and oxygen atoms in total. The Kier molecular flexibility index (Phi) is 6.57. The number of halogens is 3. The van der Waals surface area contributed by atoms with Crippen molar-refractivity contribution in [2.75, 3.05) is 30.7 Å². The van der Waals surface area contributed by atoms with Crippen LogP contribution in [0.25, 0.3) is 11.1 Å². The maximum atomic E-state index is 14.0. The average molecular weight is 529 g/mol. The highest BCUT2D eigenvalue weighted by Crippen LogP contribution is 2.46. The van der Waals surface area contributed by atoms with Gasteiger partial charge in [-0.2, -0.15) is 0 Å². The number of likely N-dealkylation sites (tertiary alicyclic amines) is 1. The Morgan fingerprint density at radius 1 is 1.19 bits per heavy atom. The van der Waals surface area contributed by atoms with E-state index >= 15 is 0 Å². The highest BCUT2D eigenvalue weighted by molar-refractivity contribution is 6.36. The molecule has 188 valence electrons. The second-order valence-electron chi connectivity index (χ2n) is 9.36. The zero-order valence-corrected chi connectivity index (χ0v) is 21.6. The Morgan fingerprint density at radius 3 is 2.67 bits per heavy atom. The highest BCUT2D eigenvalue weighted by atomic mass is 35.5. The van der Waals surface area contributed by atoms with Gasteiger partial charge in [0.15, 0.2) is 11.6 Å². The standard InChI is InChI=1S/C27H27Cl2FN4O2/c1-3-34-10-8-27(9-11-34)18-12-16(4-7-21(18)33-26(27)35)17-13-22(25(31)32-14-17)36-15(2)23-19(28)5-6-20(30)24(23)29/h4-7,12-15H,3,8-11H2,1-2H3,(H2,31,32)(H,33,35)/t15-/m1/s1. The van der Waals surface area contributed by atoms with Crippen LogP contribution in [0.1, 0.15) is 43.9 Å². The minimum atomic E-state index is -0.672. The third-order valence-corrected chi connectivity index (χ3v) is 8.09. The number of piperidine rings is 1. The number of nitrogens with one attached hydrogen (secondary N) is 1. The topological polar surface area (TPSA) is 80.5 Å². The van der Waals surface area contributed by atoms with E-state index in [4.69, 9.17) is 33.7 Å². The fraction of sp³-hybridized carbons (Fsp3) is 0.333. The summed E-state index contributed by atoms with van der Waals surface area (Å²) < 4.78 is 20.1. The first-order valence-electron chi connectivity index (χ1n) is 12.0. The van der Waals surface area contributed by atoms with E-state index in [0.29, 0.717) is 16.3 Å². The maximum absolute atomic E-state index is 14.0. The molecular weight excluding hydrogens is 502 g/mol. The number of benzene rings is 2. The van der Waals surface area contributed by atoms with Crippen molar-refractivity contribution in [1.82, 2.24) is 9.88 Å². The van der Waals surface area contributed by atoms with Crippen molar-refractivity contribution in [3.05, 3.63) is 69.6 Å². The molecule has 1 atom stereocenters. The highest BCUT2D eigenvalue weighted by Gasteiger charge is 2.48. The lowest BCUT2D eigenvalue weighted by molar-refractivity contribution is -0.122. The molecule has 0 bridgehead atoms. The third-order valence-electron chi connectivity index (χ3n) is 7.38. The Hall–Kier alpha value is -2.87. The second-order valence-corrected chi connectivity index (χ2v) is 10.1. The molecule has 1 amide bonds. The molecule has 1 spiro atoms. The first kappa shape index (κ1) is 24.8. The Morgan fingerprint density at radius 2 is 1.94 bits per heavy atom. The van der Waals surface area contributed by atoms with Gasteiger partial charge in [0.2, 0.25) is 5.91 Å². The molecule has 0 radical (unpaired) electrons. The van der Waals surface area contributed by atoms with Crippen LogP contribution < -0.4 is 15.8 Å². The monoisotopic (exact) mass is 528 g/mol. The molecule has 36 heavy (non-hydrogen) atoms. The molecule has 2 aromatic carbocycles. The number of carbonyl (C=O) groups excluding carboxylic acids is 1. The molecule has 0 saturated carbocycles. The van der Waals surface area contributed by atoms with Gasteiger partial charge in [-0.1, -0.05) is 36.2 Å². The molecule has 3 N–H and O–H groups in total. The van der Waals surface area contributed by atoms with Crippen molar-refractivity contribution < 1.29 is 13.9 Å². The van der Waals surface area contributed by atoms with Gasteiger partial charge in [0.1, 0.15) is 11.9 Å². The third kappa shape index (κ3) is 4.19. The largest absolute Gasteiger partial charge is 0.482 e. The fourth-order valence-electron chi connectivity index (χ4n) is 5.21. The molecular formula is C27H27Cl2FN4O2. The fourth-order valence-corrected chi connectivity index (χ4v) is 5.89. The van der Waals surface area contributed by atoms with E-state index in [-0.39, 0.29) is 16.7 Å². The lowest BCUT2D eigenvalue weighted by Crippen LogP contribution is -2.46. The van der Waals surface area contributed by atoms with Crippen LogP contribution in [-0.2, 0) is 10.2 Å². The minimum Gasteiger partial charge on any atom is -0.482 e. The van der Waals surface area contributed by atoms with Crippen LogP contribution >= 0.6 is 23.2 Å². The number of pyridine rings is 1. The van der Waals surface area contributed by atoms with Crippen molar-refractivity contribution >= 4 is 40.6 Å². The second kappa shape index (κ2) is 9.54. The number of amides is 1. The number of carbonyl (C=O) groups is 1. The maximum Gasteiger partial charge on any atom is 0.235 e. The molecule has 1 aromatic heterocycles. The number of ether oxygens (including phenoxy) is 1. The molecule has 0 aliphatic carbocycles. The summed E-state index contributed by atoms with van der Waals surface area (Å²) in [5.74, 6) is 0.0154. The average Bonchev–Trinajstić information content (AvgIpc) is 3.13. The molecule has 0 unspecified atom stereocenters. The zero-order chi connectivity index (χ0) is 25.6. The zero-order valence-electron chi connectivity index (χ0n) is 20.1. The quantitative estimate of drug-likeness (QED) is 0.384. The first-order chi connectivity index (χ1) is 17.2. The van der Waals surface area contributed by atoms with Gasteiger partial charge < -0.3 is 20.7 Å². The van der Waals surface area contributed by atoms with E-state index < -0.39 is 17.3 Å². The van der Waals surface area contributed by atoms with Gasteiger partial charge in [-0.15, -0.1) is 0 Å². The molecule has 2 aliphatic heterocycles. The Bertz CT molecular complexity index is 1340. The number of nitrogens with two attached hydrogens (primary N) is 1. The van der Waals surface area contributed by atoms with Gasteiger partial charge in [0.05, 0.1) is 10.4 Å². The van der Waals surface area contributed by atoms with Crippen molar-refractivity contribution in [1.29, 1.82) is 0 Å². The smallest absolute Gasteiger partial charge is 0.235 e. The molecule has 9 heteroatoms. The normalized spacial score (nSPS) is 17.6. The first-order valence-corrected chi connectivity index (χ1v) is 12.7. The van der Waals surface area contributed by atoms with Crippen LogP contribution in [0.5, 0.6) is 5.75 Å². The lowest BCUT2D eigenvalue weighted by atomic mass is 9.73. The van der Waals surface area contributed by atoms with Crippen molar-refractivity contribution in [3.8, 4) is 16.9 Å². The van der Waals surface area contributed by atoms with Crippen LogP contribution in [0.15, 0.2) is 42.6 Å². The minimum absolute atomic E-state index is 0.0718. The van der Waals surface area contributed by atoms with Gasteiger partial charge in [-0.05, 0) is 80.9 Å². The molecule has 2 aliphatic rings. The van der Waals surface area contributed by atoms with Crippen molar-refractivity contribution in [3.63, 3.8) is 0 Å². The van der Waals surface area contributed by atoms with Crippen molar-refractivity contribution in [2.24, 2.45) is 0 Å². The summed E-state index contributed by atoms with van der Waals surface area (Å²) in [5.41, 5.74) is 9.49. The Balaban J connectivity index is 1.47. The number of rotatable bonds is 5. The van der Waals surface area contributed by atoms with Crippen LogP contribution in [0, 0.1) is 5.82 Å². The van der Waals surface area contributed by atoms with Crippen molar-refractivity contribution in [2.45, 2.75) is 38.2 Å². The van der Waals surface area contributed by atoms with Crippen LogP contribution in [0.2, 0.25) is 10.0 Å². The Labute approximate surface area is 219 Å². The van der Waals surface area contributed by atoms with Gasteiger partial charge in [0, 0.05) is 28.0 Å². The summed E-state index contributed by atoms with van der Waals surface area (Å²) in [6.07, 6.45) is 2.57. The van der Waals surface area contributed by atoms with E-state index in [1.165, 1.54) is 12.1 Å². The van der Waals surface area contributed by atoms with Crippen LogP contribution in [-0.4, -0.2) is 35.4 Å². The molecule has 5 rings (SSSR count). The number of hydrogen-bond donors (Lipinski definition) is 2. The van der Waals surface area contributed by atoms with E-state index in [0.717, 1.165) is 54.9 Å². The van der Waals surface area contributed by atoms with E-state index in [9.17, 15) is 9.18 Å². The summed E-state index contributed by atoms with van der Waals surface area (Å²) in [5, 5.41) is 3.28. The molecule has 1 fully saturated rings. The van der Waals surface area contributed by atoms with E-state index in [1.807, 2.05) is 12.1 Å². The predicted molar refractivity (Wildman–Crippen MR) is 141 cm³/mol. The number of fused-ring (bicyclic) bond motifs is 2. The van der Waals surface area contributed by atoms with Gasteiger partial charge in [-0.25, -0.2) is 9.37 Å². The van der Waals surface area contributed by atoms with E-state index in [1.54, 1.807) is 19.2 Å². The predicted octanol–water partition coefficient (Wildman–Crippen LogP) is 6.22. The van der Waals surface area contributed by atoms with Gasteiger partial charge in [-0.3, -0.25) is 4.79 Å². The van der Waals surface area contributed by atoms with Gasteiger partial charge >= 0.3 is 0 Å². The summed E-state index contributed by atoms with van der Waals surface area (Å²) in [4.78, 5) is 19.7. The SMILES string of the molecule is CCN1CCC2(CC1)C(=O)Nc1ccc(-c3cnc(N)c(O[C@H](C)c4c(Cl)ccc(F)c4Cl)c3)cc12. The molecule has 1 saturated heterocycles. The van der Waals surface area contributed by atoms with E-state index in [2.05, 4.69) is 28.2 Å². The van der Waals surface area contributed by atoms with Crippen LogP contribution in [0.3, 0.4) is 0 Å². The lowest BCUT2D eigenvalue weighted by Gasteiger charge is -2.37. The summed E-state index contributed by atoms with van der Waals surface area (Å²) >= 11 is 12.4. The summed E-state index contributed by atoms with van der Waals surface area (Å²) in [6, 6.07) is 10.4. The molecule has 3 aromatic rings. The van der Waals surface area contributed by atoms with Crippen LogP contribution in [0.4, 0.5) is 15.9 Å².